The maximum absolute atomic E-state index is 5.29. The number of nitrogens with one attached hydrogen (secondary N) is 1. The molecule has 1 aliphatic rings. The van der Waals surface area contributed by atoms with E-state index in [4.69, 9.17) is 15.0 Å². The van der Waals surface area contributed by atoms with Crippen LogP contribution in [0, 0.1) is 0 Å². The van der Waals surface area contributed by atoms with Crippen LogP contribution in [0.5, 0.6) is 0 Å². The molecule has 0 radical (unpaired) electrons. The van der Waals surface area contributed by atoms with Gasteiger partial charge in [0.05, 0.1) is 11.0 Å². The topological polar surface area (TPSA) is 59.4 Å². The predicted octanol–water partition coefficient (Wildman–Crippen LogP) is 13.0. The van der Waals surface area contributed by atoms with Gasteiger partial charge in [-0.05, 0) is 71.5 Å². The van der Waals surface area contributed by atoms with Crippen molar-refractivity contribution in [3.05, 3.63) is 228 Å². The average Bonchev–Trinajstić information content (AvgIpc) is 3.87. The van der Waals surface area contributed by atoms with Crippen molar-refractivity contribution in [1.29, 1.82) is 0 Å². The molecule has 5 heteroatoms. The van der Waals surface area contributed by atoms with Gasteiger partial charge in [0.1, 0.15) is 0 Å². The number of rotatable bonds is 5. The first-order valence-corrected chi connectivity index (χ1v) is 20.6. The number of hydrogen-bond acceptors (Lipinski definition) is 3. The summed E-state index contributed by atoms with van der Waals surface area (Å²) in [5, 5.41) is 4.86. The van der Waals surface area contributed by atoms with Crippen LogP contribution in [0.15, 0.2) is 194 Å². The van der Waals surface area contributed by atoms with Gasteiger partial charge >= 0.3 is 0 Å². The third-order valence-electron chi connectivity index (χ3n) is 13.2. The van der Waals surface area contributed by atoms with Crippen LogP contribution in [0.1, 0.15) is 47.2 Å². The Hall–Kier alpha value is -7.63. The number of fused-ring (bicyclic) bond motifs is 10. The van der Waals surface area contributed by atoms with Crippen LogP contribution in [0.25, 0.3) is 72.3 Å². The van der Waals surface area contributed by atoms with Crippen molar-refractivity contribution >= 4 is 43.6 Å². The first-order valence-electron chi connectivity index (χ1n) is 20.6. The lowest BCUT2D eigenvalue weighted by molar-refractivity contribution is 0.577. The van der Waals surface area contributed by atoms with E-state index in [1.165, 1.54) is 49.5 Å². The zero-order valence-corrected chi connectivity index (χ0v) is 33.3. The number of para-hydroxylation sites is 2. The van der Waals surface area contributed by atoms with Gasteiger partial charge in [0, 0.05) is 54.5 Å². The van der Waals surface area contributed by atoms with Crippen molar-refractivity contribution in [2.75, 3.05) is 0 Å². The second-order valence-electron chi connectivity index (χ2n) is 16.3. The second kappa shape index (κ2) is 12.9. The van der Waals surface area contributed by atoms with E-state index in [1.807, 2.05) is 36.4 Å². The molecule has 284 valence electrons. The Balaban J connectivity index is 1.25. The van der Waals surface area contributed by atoms with E-state index in [0.29, 0.717) is 17.6 Å². The van der Waals surface area contributed by atoms with Gasteiger partial charge in [-0.25, -0.2) is 4.98 Å². The standard InChI is InChI=1S/C55H39N5/c1-54(37-23-11-5-12-24-37)42-32-34-46-48(50(42)55(2,38-25-13-6-14-26-38)41-31-33-44-47(49(41)54)39-27-15-17-29-43(39)56-44)40-28-16-18-30-45(40)60(46)53-58-51(35-19-7-3-8-20-35)57-52(59-53)36-21-9-4-10-22-36/h3-34,56H,1-2H3. The minimum Gasteiger partial charge on any atom is -0.355 e. The van der Waals surface area contributed by atoms with Gasteiger partial charge in [0.15, 0.2) is 11.6 Å². The zero-order chi connectivity index (χ0) is 40.0. The summed E-state index contributed by atoms with van der Waals surface area (Å²) in [5.74, 6) is 1.84. The van der Waals surface area contributed by atoms with Crippen LogP contribution in [0.3, 0.4) is 0 Å². The summed E-state index contributed by atoms with van der Waals surface area (Å²) >= 11 is 0. The highest BCUT2D eigenvalue weighted by Gasteiger charge is 2.50. The van der Waals surface area contributed by atoms with E-state index in [1.54, 1.807) is 0 Å². The summed E-state index contributed by atoms with van der Waals surface area (Å²) in [6.45, 7) is 4.89. The highest BCUT2D eigenvalue weighted by atomic mass is 15.2. The molecule has 0 amide bonds. The summed E-state index contributed by atoms with van der Waals surface area (Å²) in [6, 6.07) is 69.5. The molecule has 2 atom stereocenters. The molecule has 0 bridgehead atoms. The predicted molar refractivity (Wildman–Crippen MR) is 245 cm³/mol. The maximum Gasteiger partial charge on any atom is 0.238 e. The Kier molecular flexibility index (Phi) is 7.42. The zero-order valence-electron chi connectivity index (χ0n) is 33.3. The minimum absolute atomic E-state index is 0.532. The van der Waals surface area contributed by atoms with Crippen LogP contribution in [0.4, 0.5) is 0 Å². The lowest BCUT2D eigenvalue weighted by Gasteiger charge is -2.48. The quantitative estimate of drug-likeness (QED) is 0.190. The molecule has 1 aliphatic carbocycles. The highest BCUT2D eigenvalue weighted by Crippen LogP contribution is 2.60. The summed E-state index contributed by atoms with van der Waals surface area (Å²) in [6.07, 6.45) is 0. The molecule has 0 fully saturated rings. The molecule has 12 rings (SSSR count). The largest absolute Gasteiger partial charge is 0.355 e. The molecule has 5 nitrogen and oxygen atoms in total. The van der Waals surface area contributed by atoms with Crippen molar-refractivity contribution in [2.45, 2.75) is 24.7 Å². The van der Waals surface area contributed by atoms with Crippen LogP contribution in [0.2, 0.25) is 0 Å². The van der Waals surface area contributed by atoms with E-state index in [-0.39, 0.29) is 0 Å². The monoisotopic (exact) mass is 769 g/mol. The number of H-pyrrole nitrogens is 1. The minimum atomic E-state index is -0.565. The SMILES string of the molecule is CC1(c2ccccc2)c2ccc3c(c2C(C)(c2ccccc2)c2ccc4[nH]c5ccccc5c4c21)c1ccccc1n3-c1nc(-c2ccccc2)nc(-c2ccccc2)n1. The molecular formula is C55H39N5. The lowest BCUT2D eigenvalue weighted by atomic mass is 9.54. The van der Waals surface area contributed by atoms with E-state index < -0.39 is 10.8 Å². The van der Waals surface area contributed by atoms with E-state index in [0.717, 1.165) is 38.6 Å². The van der Waals surface area contributed by atoms with E-state index in [2.05, 4.69) is 181 Å². The number of hydrogen-bond donors (Lipinski definition) is 1. The fourth-order valence-electron chi connectivity index (χ4n) is 10.4. The van der Waals surface area contributed by atoms with Crippen LogP contribution in [-0.2, 0) is 10.8 Å². The van der Waals surface area contributed by atoms with Crippen molar-refractivity contribution in [3.8, 4) is 28.7 Å². The third kappa shape index (κ3) is 4.77. The van der Waals surface area contributed by atoms with Gasteiger partial charge < -0.3 is 4.98 Å². The smallest absolute Gasteiger partial charge is 0.238 e. The fourth-order valence-corrected chi connectivity index (χ4v) is 10.4. The Labute approximate surface area is 347 Å². The normalized spacial score (nSPS) is 17.3. The van der Waals surface area contributed by atoms with Crippen LogP contribution in [-0.4, -0.2) is 24.5 Å². The molecule has 0 aliphatic heterocycles. The summed E-state index contributed by atoms with van der Waals surface area (Å²) in [5.41, 5.74) is 12.9. The molecule has 2 unspecified atom stereocenters. The van der Waals surface area contributed by atoms with Gasteiger partial charge in [0.2, 0.25) is 5.95 Å². The van der Waals surface area contributed by atoms with Crippen LogP contribution >= 0.6 is 0 Å². The molecule has 3 heterocycles. The Morgan fingerprint density at radius 2 is 0.883 bits per heavy atom. The number of benzene rings is 8. The summed E-state index contributed by atoms with van der Waals surface area (Å²) in [4.78, 5) is 19.4. The summed E-state index contributed by atoms with van der Waals surface area (Å²) in [7, 11) is 0. The first-order chi connectivity index (χ1) is 29.5. The Morgan fingerprint density at radius 3 is 1.48 bits per heavy atom. The molecular weight excluding hydrogens is 731 g/mol. The van der Waals surface area contributed by atoms with Crippen LogP contribution < -0.4 is 0 Å². The van der Waals surface area contributed by atoms with Gasteiger partial charge in [-0.2, -0.15) is 9.97 Å². The van der Waals surface area contributed by atoms with Crippen molar-refractivity contribution < 1.29 is 0 Å². The van der Waals surface area contributed by atoms with E-state index in [9.17, 15) is 0 Å². The molecule has 1 N–H and O–H groups in total. The third-order valence-corrected chi connectivity index (χ3v) is 13.2. The van der Waals surface area contributed by atoms with Gasteiger partial charge in [0.25, 0.3) is 0 Å². The van der Waals surface area contributed by atoms with Gasteiger partial charge in [-0.1, -0.05) is 170 Å². The molecule has 60 heavy (non-hydrogen) atoms. The molecule has 3 aromatic heterocycles. The van der Waals surface area contributed by atoms with Crippen molar-refractivity contribution in [1.82, 2.24) is 24.5 Å². The lowest BCUT2D eigenvalue weighted by Crippen LogP contribution is -2.41. The van der Waals surface area contributed by atoms with E-state index >= 15 is 0 Å². The van der Waals surface area contributed by atoms with Gasteiger partial charge in [-0.15, -0.1) is 0 Å². The maximum atomic E-state index is 5.29. The fraction of sp³-hybridized carbons (Fsp3) is 0.0727. The number of aromatic nitrogens is 5. The molecule has 0 spiro atoms. The Bertz CT molecular complexity index is 3390. The molecule has 11 aromatic rings. The van der Waals surface area contributed by atoms with Crippen molar-refractivity contribution in [3.63, 3.8) is 0 Å². The Morgan fingerprint density at radius 1 is 0.400 bits per heavy atom. The summed E-state index contributed by atoms with van der Waals surface area (Å²) < 4.78 is 2.26. The molecule has 8 aromatic carbocycles. The second-order valence-corrected chi connectivity index (χ2v) is 16.3. The molecule has 0 saturated carbocycles. The number of aromatic amines is 1. The average molecular weight is 770 g/mol. The van der Waals surface area contributed by atoms with Gasteiger partial charge in [-0.3, -0.25) is 4.57 Å². The first kappa shape index (κ1) is 34.4. The molecule has 0 saturated heterocycles. The number of nitrogens with zero attached hydrogens (tertiary/aromatic N) is 4. The van der Waals surface area contributed by atoms with Crippen molar-refractivity contribution in [2.24, 2.45) is 0 Å². The highest BCUT2D eigenvalue weighted by molar-refractivity contribution is 6.14.